The van der Waals surface area contributed by atoms with Crippen molar-refractivity contribution in [3.8, 4) is 5.75 Å². The molecule has 0 aliphatic carbocycles. The molecule has 1 atom stereocenters. The molecule has 1 aliphatic rings. The summed E-state index contributed by atoms with van der Waals surface area (Å²) in [5, 5.41) is 9.37. The van der Waals surface area contributed by atoms with Crippen molar-refractivity contribution in [1.82, 2.24) is 4.90 Å². The van der Waals surface area contributed by atoms with E-state index in [1.807, 2.05) is 4.90 Å². The third kappa shape index (κ3) is 2.78. The van der Waals surface area contributed by atoms with Crippen LogP contribution in [0.2, 0.25) is 0 Å². The van der Waals surface area contributed by atoms with Gasteiger partial charge in [-0.05, 0) is 37.0 Å². The van der Waals surface area contributed by atoms with Gasteiger partial charge in [0.05, 0.1) is 0 Å². The number of benzene rings is 1. The van der Waals surface area contributed by atoms with E-state index in [0.29, 0.717) is 11.5 Å². The average Bonchev–Trinajstić information content (AvgIpc) is 2.77. The van der Waals surface area contributed by atoms with Gasteiger partial charge in [-0.25, -0.2) is 0 Å². The number of phenolic OH excluding ortho intramolecular Hbond substituents is 1. The van der Waals surface area contributed by atoms with E-state index in [-0.39, 0.29) is 11.7 Å². The Morgan fingerprint density at radius 2 is 2.35 bits per heavy atom. The second-order valence-corrected chi connectivity index (χ2v) is 4.74. The van der Waals surface area contributed by atoms with E-state index in [4.69, 9.17) is 0 Å². The van der Waals surface area contributed by atoms with Gasteiger partial charge in [0.2, 0.25) is 0 Å². The molecule has 1 fully saturated rings. The molecule has 1 unspecified atom stereocenters. The van der Waals surface area contributed by atoms with Crippen LogP contribution in [0, 0.1) is 5.92 Å². The first-order chi connectivity index (χ1) is 8.20. The maximum absolute atomic E-state index is 12.2. The lowest BCUT2D eigenvalue weighted by atomic mass is 10.0. The predicted molar refractivity (Wildman–Crippen MR) is 67.0 cm³/mol. The Bertz CT molecular complexity index is 403. The van der Waals surface area contributed by atoms with Gasteiger partial charge in [0.1, 0.15) is 5.75 Å². The molecule has 3 heteroatoms. The molecule has 1 aromatic rings. The van der Waals surface area contributed by atoms with Gasteiger partial charge in [-0.3, -0.25) is 4.79 Å². The first kappa shape index (κ1) is 12.0. The molecule has 0 aromatic heterocycles. The number of carbonyl (C=O) groups is 1. The van der Waals surface area contributed by atoms with Crippen LogP contribution in [-0.2, 0) is 0 Å². The Morgan fingerprint density at radius 1 is 1.53 bits per heavy atom. The monoisotopic (exact) mass is 233 g/mol. The molecule has 0 spiro atoms. The van der Waals surface area contributed by atoms with Crippen LogP contribution in [-0.4, -0.2) is 29.0 Å². The molecule has 0 saturated carbocycles. The van der Waals surface area contributed by atoms with Crippen molar-refractivity contribution in [2.24, 2.45) is 5.92 Å². The van der Waals surface area contributed by atoms with Crippen molar-refractivity contribution in [2.75, 3.05) is 13.1 Å². The van der Waals surface area contributed by atoms with Crippen LogP contribution in [0.4, 0.5) is 0 Å². The summed E-state index contributed by atoms with van der Waals surface area (Å²) in [5.41, 5.74) is 0.585. The Labute approximate surface area is 102 Å². The molecule has 2 rings (SSSR count). The van der Waals surface area contributed by atoms with Crippen molar-refractivity contribution in [3.63, 3.8) is 0 Å². The molecule has 17 heavy (non-hydrogen) atoms. The number of likely N-dealkylation sites (tertiary alicyclic amines) is 1. The SMILES string of the molecule is CCCC1CCN(C(=O)c2cccc(O)c2)C1. The maximum Gasteiger partial charge on any atom is 0.253 e. The number of hydrogen-bond acceptors (Lipinski definition) is 2. The largest absolute Gasteiger partial charge is 0.508 e. The smallest absolute Gasteiger partial charge is 0.253 e. The summed E-state index contributed by atoms with van der Waals surface area (Å²) in [7, 11) is 0. The first-order valence-electron chi connectivity index (χ1n) is 6.29. The van der Waals surface area contributed by atoms with Gasteiger partial charge >= 0.3 is 0 Å². The summed E-state index contributed by atoms with van der Waals surface area (Å²) in [4.78, 5) is 14.1. The molecule has 1 saturated heterocycles. The van der Waals surface area contributed by atoms with Gasteiger partial charge < -0.3 is 10.0 Å². The predicted octanol–water partition coefficient (Wildman–Crippen LogP) is 2.65. The van der Waals surface area contributed by atoms with Crippen LogP contribution in [0.3, 0.4) is 0 Å². The van der Waals surface area contributed by atoms with Crippen molar-refractivity contribution in [2.45, 2.75) is 26.2 Å². The molecule has 1 amide bonds. The zero-order valence-corrected chi connectivity index (χ0v) is 10.2. The third-order valence-corrected chi connectivity index (χ3v) is 3.36. The van der Waals surface area contributed by atoms with E-state index in [2.05, 4.69) is 6.92 Å². The Kier molecular flexibility index (Phi) is 3.67. The molecule has 3 nitrogen and oxygen atoms in total. The minimum atomic E-state index is 0.0412. The molecule has 1 heterocycles. The Morgan fingerprint density at radius 3 is 3.06 bits per heavy atom. The van der Waals surface area contributed by atoms with Crippen molar-refractivity contribution >= 4 is 5.91 Å². The highest BCUT2D eigenvalue weighted by molar-refractivity contribution is 5.94. The van der Waals surface area contributed by atoms with E-state index >= 15 is 0 Å². The summed E-state index contributed by atoms with van der Waals surface area (Å²) in [6.07, 6.45) is 3.49. The van der Waals surface area contributed by atoms with E-state index in [9.17, 15) is 9.90 Å². The van der Waals surface area contributed by atoms with Crippen LogP contribution in [0.5, 0.6) is 5.75 Å². The molecular weight excluding hydrogens is 214 g/mol. The van der Waals surface area contributed by atoms with E-state index in [0.717, 1.165) is 19.5 Å². The highest BCUT2D eigenvalue weighted by atomic mass is 16.3. The summed E-state index contributed by atoms with van der Waals surface area (Å²) in [5.74, 6) is 0.848. The van der Waals surface area contributed by atoms with Crippen LogP contribution < -0.4 is 0 Å². The highest BCUT2D eigenvalue weighted by Crippen LogP contribution is 2.23. The second-order valence-electron chi connectivity index (χ2n) is 4.74. The summed E-state index contributed by atoms with van der Waals surface area (Å²) in [6.45, 7) is 3.89. The van der Waals surface area contributed by atoms with Gasteiger partial charge in [0, 0.05) is 18.7 Å². The van der Waals surface area contributed by atoms with Crippen molar-refractivity contribution in [1.29, 1.82) is 0 Å². The lowest BCUT2D eigenvalue weighted by molar-refractivity contribution is 0.0786. The fourth-order valence-corrected chi connectivity index (χ4v) is 2.48. The first-order valence-corrected chi connectivity index (χ1v) is 6.29. The van der Waals surface area contributed by atoms with Gasteiger partial charge in [-0.15, -0.1) is 0 Å². The van der Waals surface area contributed by atoms with Gasteiger partial charge in [0.15, 0.2) is 0 Å². The topological polar surface area (TPSA) is 40.5 Å². The van der Waals surface area contributed by atoms with E-state index in [1.165, 1.54) is 18.9 Å². The number of nitrogens with zero attached hydrogens (tertiary/aromatic N) is 1. The van der Waals surface area contributed by atoms with E-state index in [1.54, 1.807) is 18.2 Å². The molecule has 0 radical (unpaired) electrons. The molecule has 0 bridgehead atoms. The van der Waals surface area contributed by atoms with Gasteiger partial charge in [-0.1, -0.05) is 19.4 Å². The fraction of sp³-hybridized carbons (Fsp3) is 0.500. The van der Waals surface area contributed by atoms with Crippen LogP contribution in [0.1, 0.15) is 36.5 Å². The van der Waals surface area contributed by atoms with Crippen molar-refractivity contribution in [3.05, 3.63) is 29.8 Å². The minimum Gasteiger partial charge on any atom is -0.508 e. The third-order valence-electron chi connectivity index (χ3n) is 3.36. The van der Waals surface area contributed by atoms with Crippen LogP contribution >= 0.6 is 0 Å². The highest BCUT2D eigenvalue weighted by Gasteiger charge is 2.26. The lowest BCUT2D eigenvalue weighted by Gasteiger charge is -2.16. The second kappa shape index (κ2) is 5.21. The summed E-state index contributed by atoms with van der Waals surface area (Å²) in [6, 6.07) is 6.59. The van der Waals surface area contributed by atoms with Crippen LogP contribution in [0.25, 0.3) is 0 Å². The number of amides is 1. The summed E-state index contributed by atoms with van der Waals surface area (Å²) < 4.78 is 0. The number of phenols is 1. The number of hydrogen-bond donors (Lipinski definition) is 1. The Hall–Kier alpha value is -1.51. The molecule has 1 N–H and O–H groups in total. The zero-order chi connectivity index (χ0) is 12.3. The van der Waals surface area contributed by atoms with Gasteiger partial charge in [0.25, 0.3) is 5.91 Å². The average molecular weight is 233 g/mol. The summed E-state index contributed by atoms with van der Waals surface area (Å²) >= 11 is 0. The quantitative estimate of drug-likeness (QED) is 0.872. The maximum atomic E-state index is 12.2. The van der Waals surface area contributed by atoms with Gasteiger partial charge in [-0.2, -0.15) is 0 Å². The molecule has 1 aliphatic heterocycles. The fourth-order valence-electron chi connectivity index (χ4n) is 2.48. The number of aromatic hydroxyl groups is 1. The standard InChI is InChI=1S/C14H19NO2/c1-2-4-11-7-8-15(10-11)14(17)12-5-3-6-13(16)9-12/h3,5-6,9,11,16H,2,4,7-8,10H2,1H3. The molecule has 1 aromatic carbocycles. The normalized spacial score (nSPS) is 19.6. The Balaban J connectivity index is 2.02. The molecular formula is C14H19NO2. The van der Waals surface area contributed by atoms with Crippen LogP contribution in [0.15, 0.2) is 24.3 Å². The van der Waals surface area contributed by atoms with Crippen molar-refractivity contribution < 1.29 is 9.90 Å². The van der Waals surface area contributed by atoms with E-state index < -0.39 is 0 Å². The lowest BCUT2D eigenvalue weighted by Crippen LogP contribution is -2.28. The number of carbonyl (C=O) groups excluding carboxylic acids is 1. The number of rotatable bonds is 3. The minimum absolute atomic E-state index is 0.0412. The molecule has 92 valence electrons. The zero-order valence-electron chi connectivity index (χ0n) is 10.2.